The Kier molecular flexibility index (Phi) is 2.30. The summed E-state index contributed by atoms with van der Waals surface area (Å²) in [6, 6.07) is 0. The van der Waals surface area contributed by atoms with Gasteiger partial charge in [0.2, 0.25) is 0 Å². The van der Waals surface area contributed by atoms with Gasteiger partial charge in [0.1, 0.15) is 0 Å². The summed E-state index contributed by atoms with van der Waals surface area (Å²) in [4.78, 5) is 0. The number of hydrogen-bond donors (Lipinski definition) is 3. The number of allylic oxidation sites excluding steroid dienone is 1. The van der Waals surface area contributed by atoms with Crippen molar-refractivity contribution < 1.29 is 0 Å². The molecule has 1 rings (SSSR count). The molecule has 0 aromatic rings. The van der Waals surface area contributed by atoms with Crippen molar-refractivity contribution in [1.29, 1.82) is 0 Å². The smallest absolute Gasteiger partial charge is 0.0842 e. The highest BCUT2D eigenvalue weighted by Crippen LogP contribution is 1.89. The molecule has 0 unspecified atom stereocenters. The van der Waals surface area contributed by atoms with Crippen molar-refractivity contribution in [3.8, 4) is 0 Å². The van der Waals surface area contributed by atoms with Crippen LogP contribution in [0, 0.1) is 0 Å². The van der Waals surface area contributed by atoms with Crippen molar-refractivity contribution in [2.75, 3.05) is 13.3 Å². The molecular formula is C6H12N4. The highest BCUT2D eigenvalue weighted by atomic mass is 15.4. The van der Waals surface area contributed by atoms with Crippen LogP contribution in [-0.4, -0.2) is 18.3 Å². The zero-order valence-corrected chi connectivity index (χ0v) is 5.80. The van der Waals surface area contributed by atoms with Crippen LogP contribution in [0.5, 0.6) is 0 Å². The number of hydrogen-bond acceptors (Lipinski definition) is 4. The monoisotopic (exact) mass is 140 g/mol. The van der Waals surface area contributed by atoms with Gasteiger partial charge in [-0.15, -0.1) is 0 Å². The maximum atomic E-state index is 5.48. The molecule has 0 aliphatic carbocycles. The van der Waals surface area contributed by atoms with Crippen LogP contribution in [0.2, 0.25) is 0 Å². The molecule has 0 aromatic heterocycles. The first-order chi connectivity index (χ1) is 4.79. The van der Waals surface area contributed by atoms with Gasteiger partial charge in [0.25, 0.3) is 0 Å². The molecule has 0 saturated heterocycles. The summed E-state index contributed by atoms with van der Waals surface area (Å²) in [5.74, 6) is 5.48. The summed E-state index contributed by atoms with van der Waals surface area (Å²) < 4.78 is 0. The summed E-state index contributed by atoms with van der Waals surface area (Å²) >= 11 is 0. The molecule has 4 nitrogen and oxygen atoms in total. The van der Waals surface area contributed by atoms with Crippen molar-refractivity contribution in [2.24, 2.45) is 5.84 Å². The summed E-state index contributed by atoms with van der Waals surface area (Å²) in [5, 5.41) is 7.64. The maximum absolute atomic E-state index is 5.48. The van der Waals surface area contributed by atoms with Crippen LogP contribution >= 0.6 is 0 Å². The average molecular weight is 140 g/mol. The van der Waals surface area contributed by atoms with Crippen LogP contribution in [0.25, 0.3) is 0 Å². The largest absolute Gasteiger partial charge is 0.373 e. The van der Waals surface area contributed by atoms with Gasteiger partial charge < -0.3 is 10.3 Å². The molecule has 1 aliphatic rings. The standard InChI is InChI=1S/C6H12N4/c1-6-2-3-10(7)5-8-4-9-6/h2-3,8-9H,1,4-5,7H2/b3-2-. The zero-order chi connectivity index (χ0) is 7.40. The minimum atomic E-state index is 0.650. The summed E-state index contributed by atoms with van der Waals surface area (Å²) in [5.41, 5.74) is 0.864. The van der Waals surface area contributed by atoms with Gasteiger partial charge in [-0.25, -0.2) is 5.84 Å². The Balaban J connectivity index is 2.50. The minimum absolute atomic E-state index is 0.650. The van der Waals surface area contributed by atoms with Crippen LogP contribution in [0.1, 0.15) is 0 Å². The summed E-state index contributed by atoms with van der Waals surface area (Å²) in [6.45, 7) is 5.08. The first kappa shape index (κ1) is 7.11. The second-order valence-corrected chi connectivity index (χ2v) is 2.12. The van der Waals surface area contributed by atoms with Crippen molar-refractivity contribution in [2.45, 2.75) is 0 Å². The Hall–Kier alpha value is -1.00. The number of rotatable bonds is 0. The highest BCUT2D eigenvalue weighted by Gasteiger charge is 1.94. The van der Waals surface area contributed by atoms with Gasteiger partial charge >= 0.3 is 0 Å². The first-order valence-electron chi connectivity index (χ1n) is 3.12. The Bertz CT molecular complexity index is 152. The van der Waals surface area contributed by atoms with E-state index in [1.165, 1.54) is 0 Å². The third-order valence-electron chi connectivity index (χ3n) is 1.20. The molecule has 10 heavy (non-hydrogen) atoms. The molecule has 0 amide bonds. The molecule has 4 heteroatoms. The molecule has 56 valence electrons. The second kappa shape index (κ2) is 3.24. The van der Waals surface area contributed by atoms with E-state index in [2.05, 4.69) is 17.2 Å². The number of nitrogens with one attached hydrogen (secondary N) is 2. The lowest BCUT2D eigenvalue weighted by atomic mass is 10.4. The Morgan fingerprint density at radius 1 is 1.70 bits per heavy atom. The highest BCUT2D eigenvalue weighted by molar-refractivity contribution is 5.11. The quantitative estimate of drug-likeness (QED) is 0.389. The fourth-order valence-corrected chi connectivity index (χ4v) is 0.658. The van der Waals surface area contributed by atoms with Crippen LogP contribution in [0.3, 0.4) is 0 Å². The zero-order valence-electron chi connectivity index (χ0n) is 5.80. The molecular weight excluding hydrogens is 128 g/mol. The van der Waals surface area contributed by atoms with Crippen molar-refractivity contribution in [1.82, 2.24) is 15.6 Å². The molecule has 0 fully saturated rings. The molecule has 1 heterocycles. The van der Waals surface area contributed by atoms with Gasteiger partial charge in [0, 0.05) is 11.9 Å². The molecule has 0 radical (unpaired) electrons. The van der Waals surface area contributed by atoms with Crippen LogP contribution in [0.15, 0.2) is 24.6 Å². The van der Waals surface area contributed by atoms with Gasteiger partial charge in [0.05, 0.1) is 13.3 Å². The van der Waals surface area contributed by atoms with Gasteiger partial charge in [-0.05, 0) is 6.08 Å². The van der Waals surface area contributed by atoms with E-state index in [4.69, 9.17) is 5.84 Å². The molecule has 0 atom stereocenters. The molecule has 0 aromatic carbocycles. The van der Waals surface area contributed by atoms with E-state index in [1.54, 1.807) is 11.2 Å². The van der Waals surface area contributed by atoms with E-state index in [-0.39, 0.29) is 0 Å². The molecule has 0 spiro atoms. The Morgan fingerprint density at radius 2 is 2.50 bits per heavy atom. The Labute approximate surface area is 60.3 Å². The molecule has 0 bridgehead atoms. The van der Waals surface area contributed by atoms with E-state index < -0.39 is 0 Å². The van der Waals surface area contributed by atoms with Crippen LogP contribution in [0.4, 0.5) is 0 Å². The summed E-state index contributed by atoms with van der Waals surface area (Å²) in [6.07, 6.45) is 3.60. The van der Waals surface area contributed by atoms with Gasteiger partial charge in [-0.2, -0.15) is 0 Å². The fourth-order valence-electron chi connectivity index (χ4n) is 0.658. The topological polar surface area (TPSA) is 53.3 Å². The van der Waals surface area contributed by atoms with Gasteiger partial charge in [-0.3, -0.25) is 5.32 Å². The van der Waals surface area contributed by atoms with Crippen molar-refractivity contribution >= 4 is 0 Å². The van der Waals surface area contributed by atoms with Crippen molar-refractivity contribution in [3.05, 3.63) is 24.6 Å². The molecule has 4 N–H and O–H groups in total. The van der Waals surface area contributed by atoms with E-state index in [9.17, 15) is 0 Å². The maximum Gasteiger partial charge on any atom is 0.0842 e. The Morgan fingerprint density at radius 3 is 3.30 bits per heavy atom. The van der Waals surface area contributed by atoms with Gasteiger partial charge in [-0.1, -0.05) is 6.58 Å². The number of nitrogens with zero attached hydrogens (tertiary/aromatic N) is 1. The lowest BCUT2D eigenvalue weighted by molar-refractivity contribution is 0.347. The third-order valence-corrected chi connectivity index (χ3v) is 1.20. The number of hydrazine groups is 1. The lowest BCUT2D eigenvalue weighted by Gasteiger charge is -2.18. The predicted octanol–water partition coefficient (Wildman–Crippen LogP) is -0.703. The average Bonchev–Trinajstić information content (AvgIpc) is 1.90. The second-order valence-electron chi connectivity index (χ2n) is 2.12. The predicted molar refractivity (Wildman–Crippen MR) is 40.3 cm³/mol. The third kappa shape index (κ3) is 2.08. The first-order valence-corrected chi connectivity index (χ1v) is 3.12. The van der Waals surface area contributed by atoms with Crippen LogP contribution < -0.4 is 16.5 Å². The normalized spacial score (nSPS) is 22.9. The van der Waals surface area contributed by atoms with Gasteiger partial charge in [0.15, 0.2) is 0 Å². The minimum Gasteiger partial charge on any atom is -0.373 e. The summed E-state index contributed by atoms with van der Waals surface area (Å²) in [7, 11) is 0. The lowest BCUT2D eigenvalue weighted by Crippen LogP contribution is -2.41. The van der Waals surface area contributed by atoms with Crippen molar-refractivity contribution in [3.63, 3.8) is 0 Å². The van der Waals surface area contributed by atoms with E-state index in [0.29, 0.717) is 13.3 Å². The fraction of sp³-hybridized carbons (Fsp3) is 0.333. The van der Waals surface area contributed by atoms with E-state index in [0.717, 1.165) is 5.70 Å². The SMILES string of the molecule is C=C1/C=C\N(N)CNCN1. The number of nitrogens with two attached hydrogens (primary N) is 1. The van der Waals surface area contributed by atoms with E-state index in [1.807, 2.05) is 6.08 Å². The van der Waals surface area contributed by atoms with Crippen LogP contribution in [-0.2, 0) is 0 Å². The molecule has 1 aliphatic heterocycles. The van der Waals surface area contributed by atoms with E-state index >= 15 is 0 Å². The molecule has 0 saturated carbocycles.